The van der Waals surface area contributed by atoms with Gasteiger partial charge >= 0.3 is 6.03 Å². The van der Waals surface area contributed by atoms with Crippen LogP contribution in [0.2, 0.25) is 5.02 Å². The minimum atomic E-state index is -0.130. The number of aryl methyl sites for hydroxylation is 1. The standard InChI is InChI=1S/C18H23ClN4O/c1-13-14(11-22-23(13)2)7-10-20-17(24)21-12-18(8-9-18)15-5-3-4-6-16(15)19/h3-6,11H,7-10,12H2,1-2H3,(H2,20,21,24). The maximum Gasteiger partial charge on any atom is 0.314 e. The van der Waals surface area contributed by atoms with Gasteiger partial charge in [-0.2, -0.15) is 5.10 Å². The number of aromatic nitrogens is 2. The van der Waals surface area contributed by atoms with Gasteiger partial charge in [0.15, 0.2) is 0 Å². The predicted molar refractivity (Wildman–Crippen MR) is 95.4 cm³/mol. The summed E-state index contributed by atoms with van der Waals surface area (Å²) in [6.07, 6.45) is 4.76. The lowest BCUT2D eigenvalue weighted by Crippen LogP contribution is -2.40. The van der Waals surface area contributed by atoms with Crippen LogP contribution >= 0.6 is 11.6 Å². The molecule has 128 valence electrons. The largest absolute Gasteiger partial charge is 0.338 e. The Labute approximate surface area is 147 Å². The Morgan fingerprint density at radius 2 is 2.08 bits per heavy atom. The molecule has 24 heavy (non-hydrogen) atoms. The highest BCUT2D eigenvalue weighted by Crippen LogP contribution is 2.49. The van der Waals surface area contributed by atoms with E-state index in [4.69, 9.17) is 11.6 Å². The first-order chi connectivity index (χ1) is 11.5. The van der Waals surface area contributed by atoms with Gasteiger partial charge in [0.05, 0.1) is 6.20 Å². The van der Waals surface area contributed by atoms with Gasteiger partial charge in [-0.3, -0.25) is 4.68 Å². The highest BCUT2D eigenvalue weighted by atomic mass is 35.5. The van der Waals surface area contributed by atoms with Crippen LogP contribution in [0.15, 0.2) is 30.5 Å². The molecule has 0 atom stereocenters. The molecule has 0 saturated heterocycles. The minimum absolute atomic E-state index is 0.00955. The second-order valence-electron chi connectivity index (χ2n) is 6.50. The van der Waals surface area contributed by atoms with Crippen LogP contribution in [0, 0.1) is 6.92 Å². The number of nitrogens with one attached hydrogen (secondary N) is 2. The summed E-state index contributed by atoms with van der Waals surface area (Å²) in [5.41, 5.74) is 3.44. The molecule has 1 aliphatic rings. The Morgan fingerprint density at radius 1 is 1.33 bits per heavy atom. The fourth-order valence-electron chi connectivity index (χ4n) is 3.00. The van der Waals surface area contributed by atoms with Crippen molar-refractivity contribution in [3.63, 3.8) is 0 Å². The smallest absolute Gasteiger partial charge is 0.314 e. The van der Waals surface area contributed by atoms with E-state index in [1.165, 1.54) is 0 Å². The third kappa shape index (κ3) is 3.56. The maximum atomic E-state index is 12.0. The lowest BCUT2D eigenvalue weighted by atomic mass is 9.96. The number of halogens is 1. The number of rotatable bonds is 6. The molecule has 1 aromatic carbocycles. The van der Waals surface area contributed by atoms with Crippen molar-refractivity contribution in [2.45, 2.75) is 31.6 Å². The van der Waals surface area contributed by atoms with Gasteiger partial charge in [0, 0.05) is 36.3 Å². The minimum Gasteiger partial charge on any atom is -0.338 e. The highest BCUT2D eigenvalue weighted by molar-refractivity contribution is 6.31. The summed E-state index contributed by atoms with van der Waals surface area (Å²) < 4.78 is 1.84. The predicted octanol–water partition coefficient (Wildman–Crippen LogP) is 2.96. The van der Waals surface area contributed by atoms with E-state index < -0.39 is 0 Å². The molecule has 5 nitrogen and oxygen atoms in total. The van der Waals surface area contributed by atoms with Crippen LogP contribution in [0.4, 0.5) is 4.79 Å². The number of carbonyl (C=O) groups excluding carboxylic acids is 1. The van der Waals surface area contributed by atoms with Crippen LogP contribution in [-0.2, 0) is 18.9 Å². The van der Waals surface area contributed by atoms with Crippen LogP contribution in [0.1, 0.15) is 29.7 Å². The molecular weight excluding hydrogens is 324 g/mol. The SMILES string of the molecule is Cc1c(CCNC(=O)NCC2(c3ccccc3Cl)CC2)cnn1C. The second-order valence-corrected chi connectivity index (χ2v) is 6.91. The first-order valence-electron chi connectivity index (χ1n) is 8.26. The first-order valence-corrected chi connectivity index (χ1v) is 8.64. The van der Waals surface area contributed by atoms with Gasteiger partial charge in [0.2, 0.25) is 0 Å². The number of carbonyl (C=O) groups is 1. The molecule has 3 rings (SSSR count). The molecule has 0 unspecified atom stereocenters. The average molecular weight is 347 g/mol. The fourth-order valence-corrected chi connectivity index (χ4v) is 3.33. The topological polar surface area (TPSA) is 59.0 Å². The summed E-state index contributed by atoms with van der Waals surface area (Å²) in [5, 5.41) is 10.9. The van der Waals surface area contributed by atoms with Crippen molar-refractivity contribution in [3.05, 3.63) is 52.3 Å². The van der Waals surface area contributed by atoms with Crippen molar-refractivity contribution in [1.29, 1.82) is 0 Å². The van der Waals surface area contributed by atoms with Gasteiger partial charge in [0.25, 0.3) is 0 Å². The molecule has 2 amide bonds. The van der Waals surface area contributed by atoms with Gasteiger partial charge in [0.1, 0.15) is 0 Å². The van der Waals surface area contributed by atoms with Gasteiger partial charge in [-0.1, -0.05) is 29.8 Å². The van der Waals surface area contributed by atoms with Gasteiger partial charge in [-0.25, -0.2) is 4.79 Å². The lowest BCUT2D eigenvalue weighted by Gasteiger charge is -2.18. The van der Waals surface area contributed by atoms with Gasteiger partial charge in [-0.05, 0) is 43.4 Å². The molecular formula is C18H23ClN4O. The van der Waals surface area contributed by atoms with Crippen LogP contribution < -0.4 is 10.6 Å². The van der Waals surface area contributed by atoms with E-state index in [2.05, 4.69) is 21.8 Å². The summed E-state index contributed by atoms with van der Waals surface area (Å²) >= 11 is 6.30. The molecule has 1 heterocycles. The van der Waals surface area contributed by atoms with Crippen LogP contribution in [0.25, 0.3) is 0 Å². The van der Waals surface area contributed by atoms with E-state index in [1.807, 2.05) is 43.0 Å². The van der Waals surface area contributed by atoms with Gasteiger partial charge < -0.3 is 10.6 Å². The molecule has 2 aromatic rings. The number of urea groups is 1. The van der Waals surface area contributed by atoms with Crippen LogP contribution in [0.5, 0.6) is 0 Å². The maximum absolute atomic E-state index is 12.0. The van der Waals surface area contributed by atoms with E-state index in [0.717, 1.165) is 41.1 Å². The fraction of sp³-hybridized carbons (Fsp3) is 0.444. The summed E-state index contributed by atoms with van der Waals surface area (Å²) in [6, 6.07) is 7.77. The molecule has 1 saturated carbocycles. The Kier molecular flexibility index (Phi) is 4.81. The molecule has 0 spiro atoms. The Hall–Kier alpha value is -2.01. The summed E-state index contributed by atoms with van der Waals surface area (Å²) in [6.45, 7) is 3.24. The zero-order valence-electron chi connectivity index (χ0n) is 14.1. The molecule has 1 aromatic heterocycles. The third-order valence-electron chi connectivity index (χ3n) is 4.90. The summed E-state index contributed by atoms with van der Waals surface area (Å²) in [4.78, 5) is 12.0. The summed E-state index contributed by atoms with van der Waals surface area (Å²) in [7, 11) is 1.92. The molecule has 2 N–H and O–H groups in total. The van der Waals surface area contributed by atoms with E-state index in [1.54, 1.807) is 0 Å². The molecule has 1 aliphatic carbocycles. The third-order valence-corrected chi connectivity index (χ3v) is 5.23. The van der Waals surface area contributed by atoms with Crippen molar-refractivity contribution in [3.8, 4) is 0 Å². The Bertz CT molecular complexity index is 736. The van der Waals surface area contributed by atoms with Crippen molar-refractivity contribution in [1.82, 2.24) is 20.4 Å². The normalized spacial score (nSPS) is 15.1. The Morgan fingerprint density at radius 3 is 2.71 bits per heavy atom. The Balaban J connectivity index is 1.46. The van der Waals surface area contributed by atoms with Crippen molar-refractivity contribution < 1.29 is 4.79 Å². The van der Waals surface area contributed by atoms with Crippen molar-refractivity contribution in [2.24, 2.45) is 7.05 Å². The van der Waals surface area contributed by atoms with Gasteiger partial charge in [-0.15, -0.1) is 0 Å². The quantitative estimate of drug-likeness (QED) is 0.844. The number of hydrogen-bond acceptors (Lipinski definition) is 2. The van der Waals surface area contributed by atoms with Crippen molar-refractivity contribution >= 4 is 17.6 Å². The zero-order valence-corrected chi connectivity index (χ0v) is 14.9. The average Bonchev–Trinajstić information content (AvgIpc) is 3.30. The lowest BCUT2D eigenvalue weighted by molar-refractivity contribution is 0.240. The molecule has 1 fully saturated rings. The summed E-state index contributed by atoms with van der Waals surface area (Å²) in [5.74, 6) is 0. The number of nitrogens with zero attached hydrogens (tertiary/aromatic N) is 2. The van der Waals surface area contributed by atoms with Crippen LogP contribution in [0.3, 0.4) is 0 Å². The van der Waals surface area contributed by atoms with Crippen molar-refractivity contribution in [2.75, 3.05) is 13.1 Å². The van der Waals surface area contributed by atoms with E-state index >= 15 is 0 Å². The molecule has 6 heteroatoms. The molecule has 0 aliphatic heterocycles. The van der Waals surface area contributed by atoms with E-state index in [9.17, 15) is 4.79 Å². The van der Waals surface area contributed by atoms with E-state index in [-0.39, 0.29) is 11.4 Å². The van der Waals surface area contributed by atoms with E-state index in [0.29, 0.717) is 13.1 Å². The number of hydrogen-bond donors (Lipinski definition) is 2. The zero-order chi connectivity index (χ0) is 17.2. The van der Waals surface area contributed by atoms with Crippen LogP contribution in [-0.4, -0.2) is 28.9 Å². The monoisotopic (exact) mass is 346 g/mol. The number of amides is 2. The highest BCUT2D eigenvalue weighted by Gasteiger charge is 2.45. The molecule has 0 radical (unpaired) electrons. The first kappa shape index (κ1) is 16.8. The second kappa shape index (κ2) is 6.85. The number of benzene rings is 1. The molecule has 0 bridgehead atoms.